The summed E-state index contributed by atoms with van der Waals surface area (Å²) < 4.78 is 17.9. The number of rotatable bonds is 8. The van der Waals surface area contributed by atoms with Crippen LogP contribution in [0.25, 0.3) is 0 Å². The molecule has 5 nitrogen and oxygen atoms in total. The second kappa shape index (κ2) is 8.72. The lowest BCUT2D eigenvalue weighted by Gasteiger charge is -2.07. The lowest BCUT2D eigenvalue weighted by Crippen LogP contribution is -2.21. The van der Waals surface area contributed by atoms with E-state index in [0.29, 0.717) is 25.7 Å². The topological polar surface area (TPSA) is 93.2 Å². The van der Waals surface area contributed by atoms with E-state index in [4.69, 9.17) is 8.09 Å². The lowest BCUT2D eigenvalue weighted by atomic mass is 10.1. The first-order valence-electron chi connectivity index (χ1n) is 6.30. The number of amides is 1. The fourth-order valence-electron chi connectivity index (χ4n) is 1.28. The van der Waals surface area contributed by atoms with Crippen LogP contribution in [0.5, 0.6) is 0 Å². The zero-order valence-electron chi connectivity index (χ0n) is 11.4. The number of ether oxygens (including phenoxy) is 1. The fraction of sp³-hybridized carbons (Fsp3) is 0.727. The standard InChI is InChI=1S/C11H18N2O3/c1-2-9(14)6-4-3-5-7-10(8-12)16-11(13)15/h10H,2-7H2,1H3,(H2,13,15)/t10-/m0/s1/i/hT2. The highest BCUT2D eigenvalue weighted by Gasteiger charge is 2.10. The van der Waals surface area contributed by atoms with Crippen LogP contribution in [0, 0.1) is 11.3 Å². The minimum atomic E-state index is -1.16. The summed E-state index contributed by atoms with van der Waals surface area (Å²) in [6, 6.07) is 1.80. The summed E-state index contributed by atoms with van der Waals surface area (Å²) in [5.74, 6) is 0.220. The van der Waals surface area contributed by atoms with Crippen molar-refractivity contribution in [1.82, 2.24) is 0 Å². The molecule has 0 aliphatic carbocycles. The van der Waals surface area contributed by atoms with Gasteiger partial charge in [0.25, 0.3) is 0 Å². The maximum Gasteiger partial charge on any atom is 0.405 e. The number of hydrogen-bond donors (Lipinski definition) is 1. The summed E-state index contributed by atoms with van der Waals surface area (Å²) in [6.45, 7) is 1.82. The van der Waals surface area contributed by atoms with Gasteiger partial charge in [0.2, 0.25) is 0 Å². The van der Waals surface area contributed by atoms with Gasteiger partial charge in [0.05, 0.1) is 0 Å². The van der Waals surface area contributed by atoms with Crippen molar-refractivity contribution in [2.75, 3.05) is 0 Å². The number of carbonyl (C=O) groups excluding carboxylic acids is 2. The van der Waals surface area contributed by atoms with Crippen LogP contribution in [0.4, 0.5) is 4.79 Å². The van der Waals surface area contributed by atoms with E-state index in [-0.39, 0.29) is 11.5 Å². The van der Waals surface area contributed by atoms with Gasteiger partial charge in [-0.1, -0.05) is 13.3 Å². The van der Waals surface area contributed by atoms with E-state index in [0.717, 1.165) is 12.8 Å². The van der Waals surface area contributed by atoms with Gasteiger partial charge in [0.15, 0.2) is 8.93 Å². The van der Waals surface area contributed by atoms with Gasteiger partial charge in [0, 0.05) is 12.8 Å². The van der Waals surface area contributed by atoms with Gasteiger partial charge in [-0.3, -0.25) is 4.79 Å². The van der Waals surface area contributed by atoms with E-state index in [9.17, 15) is 9.59 Å². The molecule has 0 aliphatic rings. The zero-order valence-corrected chi connectivity index (χ0v) is 9.44. The number of nitriles is 1. The molecule has 90 valence electrons. The Morgan fingerprint density at radius 2 is 2.25 bits per heavy atom. The summed E-state index contributed by atoms with van der Waals surface area (Å²) in [7, 11) is 0. The number of nitrogens with zero attached hydrogens (tertiary/aromatic N) is 1. The Balaban J connectivity index is 3.73. The van der Waals surface area contributed by atoms with Crippen LogP contribution < -0.4 is 5.72 Å². The Morgan fingerprint density at radius 3 is 2.81 bits per heavy atom. The number of nitrogens with two attached hydrogens (primary N) is 1. The second-order valence-electron chi connectivity index (χ2n) is 3.49. The Hall–Kier alpha value is -1.57. The van der Waals surface area contributed by atoms with Gasteiger partial charge in [0.1, 0.15) is 11.9 Å². The number of unbranched alkanes of at least 4 members (excludes halogenated alkanes) is 2. The van der Waals surface area contributed by atoms with Crippen molar-refractivity contribution in [3.8, 4) is 6.07 Å². The Bertz CT molecular complexity index is 316. The first kappa shape index (κ1) is 10.9. The van der Waals surface area contributed by atoms with Crippen LogP contribution in [0.15, 0.2) is 0 Å². The molecule has 5 heteroatoms. The maximum absolute atomic E-state index is 11.0. The van der Waals surface area contributed by atoms with Crippen molar-refractivity contribution in [1.29, 1.82) is 5.26 Å². The molecular weight excluding hydrogens is 208 g/mol. The molecule has 0 unspecified atom stereocenters. The van der Waals surface area contributed by atoms with E-state index < -0.39 is 12.2 Å². The van der Waals surface area contributed by atoms with Crippen LogP contribution in [0.3, 0.4) is 0 Å². The minimum absolute atomic E-state index is 0.204. The van der Waals surface area contributed by atoms with Crippen molar-refractivity contribution in [3.05, 3.63) is 0 Å². The van der Waals surface area contributed by atoms with Crippen molar-refractivity contribution in [2.45, 2.75) is 51.6 Å². The van der Waals surface area contributed by atoms with Crippen molar-refractivity contribution >= 4 is 11.9 Å². The first-order chi connectivity index (χ1) is 8.51. The summed E-state index contributed by atoms with van der Waals surface area (Å²) in [5.41, 5.74) is -0.204. The SMILES string of the molecule is [3H]N([3H])C(=O)O[C@H](C#N)CCCCCC(=O)CC. The van der Waals surface area contributed by atoms with E-state index >= 15 is 0 Å². The summed E-state index contributed by atoms with van der Waals surface area (Å²) in [6.07, 6.45) is 1.56. The van der Waals surface area contributed by atoms with E-state index in [1.807, 2.05) is 6.92 Å². The minimum Gasteiger partial charge on any atom is -0.431 e. The van der Waals surface area contributed by atoms with Crippen molar-refractivity contribution < 1.29 is 17.1 Å². The molecule has 0 saturated carbocycles. The van der Waals surface area contributed by atoms with Crippen LogP contribution in [-0.4, -0.2) is 18.0 Å². The second-order valence-corrected chi connectivity index (χ2v) is 3.49. The molecule has 0 fully saturated rings. The van der Waals surface area contributed by atoms with E-state index in [1.54, 1.807) is 6.07 Å². The molecule has 0 aromatic rings. The third kappa shape index (κ3) is 7.80. The average molecular weight is 230 g/mol. The van der Waals surface area contributed by atoms with Crippen LogP contribution in [0.2, 0.25) is 2.82 Å². The lowest BCUT2D eigenvalue weighted by molar-refractivity contribution is -0.118. The highest BCUT2D eigenvalue weighted by atomic mass is 16.6. The molecule has 0 rings (SSSR count). The number of carbonyl (C=O) groups is 2. The largest absolute Gasteiger partial charge is 0.431 e. The maximum atomic E-state index is 11.0. The predicted octanol–water partition coefficient (Wildman–Crippen LogP) is 1.90. The van der Waals surface area contributed by atoms with Gasteiger partial charge in [-0.05, 0) is 19.3 Å². The number of ketones is 1. The molecule has 0 aliphatic heterocycles. The van der Waals surface area contributed by atoms with Crippen LogP contribution in [0.1, 0.15) is 45.4 Å². The average Bonchev–Trinajstić information content (AvgIpc) is 2.36. The van der Waals surface area contributed by atoms with Gasteiger partial charge in [-0.25, -0.2) is 4.79 Å². The molecule has 0 saturated heterocycles. The highest BCUT2D eigenvalue weighted by molar-refractivity contribution is 5.77. The quantitative estimate of drug-likeness (QED) is 0.644. The molecule has 0 heterocycles. The molecule has 16 heavy (non-hydrogen) atoms. The summed E-state index contributed by atoms with van der Waals surface area (Å²) in [4.78, 5) is 21.9. The van der Waals surface area contributed by atoms with Gasteiger partial charge in [-0.2, -0.15) is 5.26 Å². The van der Waals surface area contributed by atoms with E-state index in [2.05, 4.69) is 4.74 Å². The van der Waals surface area contributed by atoms with E-state index in [1.165, 1.54) is 0 Å². The predicted molar refractivity (Wildman–Crippen MR) is 58.5 cm³/mol. The first-order valence-corrected chi connectivity index (χ1v) is 5.41. The Morgan fingerprint density at radius 1 is 1.50 bits per heavy atom. The van der Waals surface area contributed by atoms with Crippen LogP contribution >= 0.6 is 0 Å². The smallest absolute Gasteiger partial charge is 0.405 e. The molecule has 2 N–H and O–H groups in total. The van der Waals surface area contributed by atoms with Gasteiger partial charge < -0.3 is 10.5 Å². The van der Waals surface area contributed by atoms with Crippen LogP contribution in [-0.2, 0) is 9.53 Å². The number of hydrogen-bond acceptors (Lipinski definition) is 4. The molecule has 0 aromatic carbocycles. The third-order valence-electron chi connectivity index (χ3n) is 2.20. The molecule has 0 radical (unpaired) electrons. The zero-order chi connectivity index (χ0) is 14.0. The third-order valence-corrected chi connectivity index (χ3v) is 2.20. The summed E-state index contributed by atoms with van der Waals surface area (Å²) >= 11 is 0. The normalized spacial score (nSPS) is 13.0. The number of primary amides is 1. The monoisotopic (exact) mass is 230 g/mol. The van der Waals surface area contributed by atoms with Crippen molar-refractivity contribution in [2.24, 2.45) is 5.72 Å². The molecule has 0 bridgehead atoms. The van der Waals surface area contributed by atoms with Gasteiger partial charge >= 0.3 is 6.09 Å². The molecular formula is C11H18N2O3. The Kier molecular flexibility index (Phi) is 5.95. The fourth-order valence-corrected chi connectivity index (χ4v) is 1.28. The highest BCUT2D eigenvalue weighted by Crippen LogP contribution is 2.08. The Labute approximate surface area is 98.5 Å². The summed E-state index contributed by atoms with van der Waals surface area (Å²) in [5, 5.41) is 8.72. The van der Waals surface area contributed by atoms with Crippen molar-refractivity contribution in [3.63, 3.8) is 0 Å². The molecule has 1 atom stereocenters. The number of Topliss-reactive ketones (excluding diaryl/α,β-unsaturated/α-hetero) is 1. The molecule has 1 amide bonds. The molecule has 0 spiro atoms. The molecule has 0 aromatic heterocycles. The van der Waals surface area contributed by atoms with Gasteiger partial charge in [-0.15, -0.1) is 0 Å².